The van der Waals surface area contributed by atoms with E-state index in [1.807, 2.05) is 29.6 Å². The Morgan fingerprint density at radius 2 is 1.67 bits per heavy atom. The van der Waals surface area contributed by atoms with E-state index in [2.05, 4.69) is 28.8 Å². The predicted octanol–water partition coefficient (Wildman–Crippen LogP) is 5.06. The fraction of sp³-hybridized carbons (Fsp3) is 0.182. The topological polar surface area (TPSA) is 58.2 Å². The van der Waals surface area contributed by atoms with Crippen LogP contribution >= 0.6 is 11.3 Å². The van der Waals surface area contributed by atoms with Gasteiger partial charge in [-0.15, -0.1) is 11.3 Å². The SMILES string of the molecule is O=C(CC1CCc2ccccc21)Nc1ccc(NC(=O)c2cccs2)cc1. The lowest BCUT2D eigenvalue weighted by atomic mass is 9.97. The number of amides is 2. The van der Waals surface area contributed by atoms with Crippen molar-refractivity contribution < 1.29 is 9.59 Å². The van der Waals surface area contributed by atoms with Crippen molar-refractivity contribution >= 4 is 34.5 Å². The molecule has 27 heavy (non-hydrogen) atoms. The number of aryl methyl sites for hydroxylation is 1. The number of thiophene rings is 1. The Labute approximate surface area is 162 Å². The lowest BCUT2D eigenvalue weighted by Crippen LogP contribution is -2.15. The first-order valence-electron chi connectivity index (χ1n) is 9.01. The molecule has 2 N–H and O–H groups in total. The maximum atomic E-state index is 12.4. The Balaban J connectivity index is 1.33. The van der Waals surface area contributed by atoms with Crippen molar-refractivity contribution in [2.45, 2.75) is 25.2 Å². The number of carbonyl (C=O) groups is 2. The van der Waals surface area contributed by atoms with Crippen LogP contribution < -0.4 is 10.6 Å². The van der Waals surface area contributed by atoms with Gasteiger partial charge in [0, 0.05) is 17.8 Å². The molecule has 136 valence electrons. The fourth-order valence-electron chi connectivity index (χ4n) is 3.53. The van der Waals surface area contributed by atoms with Crippen LogP contribution in [0.2, 0.25) is 0 Å². The van der Waals surface area contributed by atoms with Crippen LogP contribution in [-0.2, 0) is 11.2 Å². The molecule has 3 aromatic rings. The number of anilines is 2. The van der Waals surface area contributed by atoms with Crippen molar-refractivity contribution in [3.63, 3.8) is 0 Å². The maximum absolute atomic E-state index is 12.4. The average Bonchev–Trinajstić information content (AvgIpc) is 3.34. The number of rotatable bonds is 5. The minimum atomic E-state index is -0.123. The summed E-state index contributed by atoms with van der Waals surface area (Å²) in [6, 6.07) is 19.2. The van der Waals surface area contributed by atoms with Gasteiger partial charge in [-0.05, 0) is 65.6 Å². The highest BCUT2D eigenvalue weighted by atomic mass is 32.1. The maximum Gasteiger partial charge on any atom is 0.265 e. The molecule has 2 amide bonds. The molecule has 1 unspecified atom stereocenters. The predicted molar refractivity (Wildman–Crippen MR) is 109 cm³/mol. The molecule has 1 aromatic heterocycles. The standard InChI is InChI=1S/C22H20N2O2S/c25-21(14-16-8-7-15-4-1-2-5-19(15)16)23-17-9-11-18(12-10-17)24-22(26)20-6-3-13-27-20/h1-6,9-13,16H,7-8,14H2,(H,23,25)(H,24,26). The summed E-state index contributed by atoms with van der Waals surface area (Å²) in [5, 5.41) is 7.68. The minimum Gasteiger partial charge on any atom is -0.326 e. The fourth-order valence-corrected chi connectivity index (χ4v) is 4.15. The number of hydrogen-bond acceptors (Lipinski definition) is 3. The van der Waals surface area contributed by atoms with E-state index < -0.39 is 0 Å². The van der Waals surface area contributed by atoms with Crippen LogP contribution in [0.4, 0.5) is 11.4 Å². The van der Waals surface area contributed by atoms with Gasteiger partial charge in [0.25, 0.3) is 5.91 Å². The van der Waals surface area contributed by atoms with Gasteiger partial charge in [-0.3, -0.25) is 9.59 Å². The third-order valence-electron chi connectivity index (χ3n) is 4.86. The zero-order valence-electron chi connectivity index (χ0n) is 14.8. The summed E-state index contributed by atoms with van der Waals surface area (Å²) < 4.78 is 0. The van der Waals surface area contributed by atoms with Crippen molar-refractivity contribution in [1.82, 2.24) is 0 Å². The van der Waals surface area contributed by atoms with Gasteiger partial charge < -0.3 is 10.6 Å². The van der Waals surface area contributed by atoms with E-state index in [-0.39, 0.29) is 11.8 Å². The molecule has 0 spiro atoms. The first-order valence-corrected chi connectivity index (χ1v) is 9.89. The molecule has 4 rings (SSSR count). The van der Waals surface area contributed by atoms with Crippen LogP contribution in [0.15, 0.2) is 66.0 Å². The zero-order valence-corrected chi connectivity index (χ0v) is 15.6. The number of hydrogen-bond donors (Lipinski definition) is 2. The number of nitrogens with one attached hydrogen (secondary N) is 2. The normalized spacial score (nSPS) is 15.2. The van der Waals surface area contributed by atoms with Crippen LogP contribution in [0.3, 0.4) is 0 Å². The molecule has 1 aliphatic rings. The van der Waals surface area contributed by atoms with Crippen LogP contribution in [0.25, 0.3) is 0 Å². The van der Waals surface area contributed by atoms with Crippen LogP contribution in [0, 0.1) is 0 Å². The van der Waals surface area contributed by atoms with Crippen molar-refractivity contribution in [2.75, 3.05) is 10.6 Å². The van der Waals surface area contributed by atoms with E-state index in [9.17, 15) is 9.59 Å². The largest absolute Gasteiger partial charge is 0.326 e. The van der Waals surface area contributed by atoms with Crippen molar-refractivity contribution in [1.29, 1.82) is 0 Å². The molecule has 1 aliphatic carbocycles. The van der Waals surface area contributed by atoms with Crippen molar-refractivity contribution in [3.8, 4) is 0 Å². The summed E-state index contributed by atoms with van der Waals surface area (Å²) in [5.41, 5.74) is 4.11. The second-order valence-corrected chi connectivity index (χ2v) is 7.64. The lowest BCUT2D eigenvalue weighted by Gasteiger charge is -2.12. The number of carbonyl (C=O) groups excluding carboxylic acids is 2. The Bertz CT molecular complexity index is 949. The smallest absolute Gasteiger partial charge is 0.265 e. The van der Waals surface area contributed by atoms with Gasteiger partial charge in [0.1, 0.15) is 0 Å². The molecule has 2 aromatic carbocycles. The van der Waals surface area contributed by atoms with E-state index in [1.165, 1.54) is 22.5 Å². The number of fused-ring (bicyclic) bond motifs is 1. The van der Waals surface area contributed by atoms with Crippen LogP contribution in [0.5, 0.6) is 0 Å². The van der Waals surface area contributed by atoms with E-state index in [4.69, 9.17) is 0 Å². The summed E-state index contributed by atoms with van der Waals surface area (Å²) in [6.45, 7) is 0. The number of benzene rings is 2. The molecule has 0 fully saturated rings. The molecule has 5 heteroatoms. The first-order chi connectivity index (χ1) is 13.2. The summed E-state index contributed by atoms with van der Waals surface area (Å²) >= 11 is 1.40. The summed E-state index contributed by atoms with van der Waals surface area (Å²) in [4.78, 5) is 25.1. The summed E-state index contributed by atoms with van der Waals surface area (Å²) in [7, 11) is 0. The van der Waals surface area contributed by atoms with Gasteiger partial charge >= 0.3 is 0 Å². The lowest BCUT2D eigenvalue weighted by molar-refractivity contribution is -0.116. The summed E-state index contributed by atoms with van der Waals surface area (Å²) in [5.74, 6) is 0.194. The minimum absolute atomic E-state index is 0.0204. The Kier molecular flexibility index (Phi) is 5.03. The molecule has 4 nitrogen and oxygen atoms in total. The first kappa shape index (κ1) is 17.5. The molecule has 1 heterocycles. The third-order valence-corrected chi connectivity index (χ3v) is 5.73. The van der Waals surface area contributed by atoms with Gasteiger partial charge in [0.05, 0.1) is 4.88 Å². The van der Waals surface area contributed by atoms with E-state index >= 15 is 0 Å². The summed E-state index contributed by atoms with van der Waals surface area (Å²) in [6.07, 6.45) is 2.57. The van der Waals surface area contributed by atoms with Crippen LogP contribution in [0.1, 0.15) is 39.6 Å². The van der Waals surface area contributed by atoms with Crippen LogP contribution in [-0.4, -0.2) is 11.8 Å². The molecule has 0 bridgehead atoms. The second-order valence-electron chi connectivity index (χ2n) is 6.70. The van der Waals surface area contributed by atoms with Gasteiger partial charge in [0.2, 0.25) is 5.91 Å². The van der Waals surface area contributed by atoms with E-state index in [0.717, 1.165) is 18.5 Å². The van der Waals surface area contributed by atoms with Crippen molar-refractivity contribution in [2.24, 2.45) is 0 Å². The highest BCUT2D eigenvalue weighted by Crippen LogP contribution is 2.35. The molecule has 1 atom stereocenters. The molecule has 0 saturated carbocycles. The Hall–Kier alpha value is -2.92. The molecular weight excluding hydrogens is 356 g/mol. The third kappa shape index (κ3) is 4.09. The Morgan fingerprint density at radius 3 is 2.41 bits per heavy atom. The zero-order chi connectivity index (χ0) is 18.6. The molecule has 0 radical (unpaired) electrons. The molecule has 0 aliphatic heterocycles. The quantitative estimate of drug-likeness (QED) is 0.654. The highest BCUT2D eigenvalue weighted by Gasteiger charge is 2.24. The monoisotopic (exact) mass is 376 g/mol. The second kappa shape index (κ2) is 7.76. The van der Waals surface area contributed by atoms with E-state index in [1.54, 1.807) is 18.2 Å². The van der Waals surface area contributed by atoms with Crippen molar-refractivity contribution in [3.05, 3.63) is 82.0 Å². The average molecular weight is 376 g/mol. The highest BCUT2D eigenvalue weighted by molar-refractivity contribution is 7.12. The van der Waals surface area contributed by atoms with Gasteiger partial charge in [0.15, 0.2) is 0 Å². The van der Waals surface area contributed by atoms with Gasteiger partial charge in [-0.1, -0.05) is 30.3 Å². The van der Waals surface area contributed by atoms with E-state index in [0.29, 0.717) is 22.9 Å². The molecular formula is C22H20N2O2S. The van der Waals surface area contributed by atoms with Gasteiger partial charge in [-0.25, -0.2) is 0 Å². The molecule has 0 saturated heterocycles. The van der Waals surface area contributed by atoms with Gasteiger partial charge in [-0.2, -0.15) is 0 Å². The Morgan fingerprint density at radius 1 is 0.926 bits per heavy atom.